The molecule has 13 heavy (non-hydrogen) atoms. The van der Waals surface area contributed by atoms with Gasteiger partial charge in [-0.3, -0.25) is 4.79 Å². The minimum absolute atomic E-state index is 0.322. The van der Waals surface area contributed by atoms with E-state index in [4.69, 9.17) is 9.84 Å². The Hall–Kier alpha value is -1.58. The van der Waals surface area contributed by atoms with Crippen LogP contribution in [0.15, 0.2) is 24.3 Å². The van der Waals surface area contributed by atoms with Gasteiger partial charge in [0, 0.05) is 5.56 Å². The van der Waals surface area contributed by atoms with Crippen molar-refractivity contribution in [1.82, 2.24) is 0 Å². The van der Waals surface area contributed by atoms with Crippen molar-refractivity contribution in [2.75, 3.05) is 0 Å². The molecular formula is C9H7FO3. The van der Waals surface area contributed by atoms with Gasteiger partial charge in [0.1, 0.15) is 5.75 Å². The maximum Gasteiger partial charge on any atom is 0.317 e. The lowest BCUT2D eigenvalue weighted by molar-refractivity contribution is -0.142. The molecule has 1 aromatic rings. The molecule has 2 rings (SSSR count). The lowest BCUT2D eigenvalue weighted by Gasteiger charge is -2.04. The number of ether oxygens (including phenoxy) is 1. The molecule has 0 aliphatic carbocycles. The first-order chi connectivity index (χ1) is 6.20. The van der Waals surface area contributed by atoms with Gasteiger partial charge in [0.05, 0.1) is 0 Å². The number of alkyl halides is 1. The molecule has 68 valence electrons. The summed E-state index contributed by atoms with van der Waals surface area (Å²) in [7, 11) is 0. The number of halogens is 1. The number of rotatable bonds is 1. The summed E-state index contributed by atoms with van der Waals surface area (Å²) < 4.78 is 17.8. The highest BCUT2D eigenvalue weighted by molar-refractivity contribution is 5.79. The second-order valence-electron chi connectivity index (χ2n) is 2.82. The Labute approximate surface area is 73.8 Å². The summed E-state index contributed by atoms with van der Waals surface area (Å²) in [4.78, 5) is 10.7. The highest BCUT2D eigenvalue weighted by atomic mass is 19.1. The molecule has 1 aromatic carbocycles. The van der Waals surface area contributed by atoms with Crippen molar-refractivity contribution >= 4 is 5.97 Å². The lowest BCUT2D eigenvalue weighted by Crippen LogP contribution is -2.20. The predicted octanol–water partition coefficient (Wildman–Crippen LogP) is 1.54. The number of benzene rings is 1. The topological polar surface area (TPSA) is 46.5 Å². The van der Waals surface area contributed by atoms with Gasteiger partial charge in [-0.1, -0.05) is 18.2 Å². The fourth-order valence-electron chi connectivity index (χ4n) is 1.42. The van der Waals surface area contributed by atoms with Gasteiger partial charge in [-0.25, -0.2) is 4.39 Å². The molecule has 0 radical (unpaired) electrons. The maximum atomic E-state index is 13.0. The van der Waals surface area contributed by atoms with E-state index in [2.05, 4.69) is 0 Å². The van der Waals surface area contributed by atoms with Gasteiger partial charge in [0.25, 0.3) is 6.36 Å². The summed E-state index contributed by atoms with van der Waals surface area (Å²) in [5.41, 5.74) is 0.405. The van der Waals surface area contributed by atoms with Gasteiger partial charge in [-0.2, -0.15) is 0 Å². The molecule has 0 aromatic heterocycles. The van der Waals surface area contributed by atoms with Crippen molar-refractivity contribution in [2.45, 2.75) is 12.3 Å². The highest BCUT2D eigenvalue weighted by Crippen LogP contribution is 2.38. The van der Waals surface area contributed by atoms with Gasteiger partial charge in [0.15, 0.2) is 5.92 Å². The van der Waals surface area contributed by atoms with Crippen LogP contribution in [0.25, 0.3) is 0 Å². The van der Waals surface area contributed by atoms with E-state index in [1.165, 1.54) is 0 Å². The van der Waals surface area contributed by atoms with Crippen LogP contribution in [0.5, 0.6) is 5.75 Å². The van der Waals surface area contributed by atoms with Gasteiger partial charge in [-0.05, 0) is 6.07 Å². The normalized spacial score (nSPS) is 25.0. The second-order valence-corrected chi connectivity index (χ2v) is 2.82. The first kappa shape index (κ1) is 8.04. The molecular weight excluding hydrogens is 175 g/mol. The van der Waals surface area contributed by atoms with E-state index in [1.54, 1.807) is 24.3 Å². The van der Waals surface area contributed by atoms with Crippen molar-refractivity contribution in [2.24, 2.45) is 0 Å². The Morgan fingerprint density at radius 1 is 1.46 bits per heavy atom. The number of carboxylic acid groups (broad SMARTS) is 1. The monoisotopic (exact) mass is 182 g/mol. The number of hydrogen-bond acceptors (Lipinski definition) is 2. The number of carboxylic acids is 1. The summed E-state index contributed by atoms with van der Waals surface area (Å²) in [6, 6.07) is 6.46. The first-order valence-electron chi connectivity index (χ1n) is 3.82. The third-order valence-electron chi connectivity index (χ3n) is 2.02. The van der Waals surface area contributed by atoms with Crippen molar-refractivity contribution in [1.29, 1.82) is 0 Å². The molecule has 0 amide bonds. The zero-order chi connectivity index (χ0) is 9.42. The third kappa shape index (κ3) is 1.14. The Morgan fingerprint density at radius 3 is 2.85 bits per heavy atom. The predicted molar refractivity (Wildman–Crippen MR) is 42.3 cm³/mol. The van der Waals surface area contributed by atoms with Gasteiger partial charge in [0.2, 0.25) is 0 Å². The number of carbonyl (C=O) groups is 1. The minimum Gasteiger partial charge on any atom is -0.481 e. The van der Waals surface area contributed by atoms with Crippen molar-refractivity contribution in [3.05, 3.63) is 29.8 Å². The first-order valence-corrected chi connectivity index (χ1v) is 3.82. The van der Waals surface area contributed by atoms with Gasteiger partial charge >= 0.3 is 5.97 Å². The smallest absolute Gasteiger partial charge is 0.317 e. The standard InChI is InChI=1S/C9H7FO3/c10-8-7(9(11)12)5-3-1-2-4-6(5)13-8/h1-4,7-8H,(H,11,12). The number of aliphatic carboxylic acids is 1. The van der Waals surface area contributed by atoms with E-state index in [1.807, 2.05) is 0 Å². The van der Waals surface area contributed by atoms with Crippen LogP contribution in [-0.2, 0) is 4.79 Å². The van der Waals surface area contributed by atoms with Crippen LogP contribution < -0.4 is 4.74 Å². The van der Waals surface area contributed by atoms with Crippen LogP contribution in [-0.4, -0.2) is 17.4 Å². The second kappa shape index (κ2) is 2.73. The molecule has 1 N–H and O–H groups in total. The average molecular weight is 182 g/mol. The summed E-state index contributed by atoms with van der Waals surface area (Å²) in [5, 5.41) is 8.71. The molecule has 1 aliphatic heterocycles. The summed E-state index contributed by atoms with van der Waals surface area (Å²) in [6.07, 6.45) is -1.77. The number of fused-ring (bicyclic) bond motifs is 1. The minimum atomic E-state index is -1.77. The van der Waals surface area contributed by atoms with E-state index in [-0.39, 0.29) is 0 Å². The quantitative estimate of drug-likeness (QED) is 0.716. The molecule has 3 nitrogen and oxygen atoms in total. The highest BCUT2D eigenvalue weighted by Gasteiger charge is 2.39. The van der Waals surface area contributed by atoms with E-state index in [9.17, 15) is 9.18 Å². The van der Waals surface area contributed by atoms with Crippen molar-refractivity contribution in [3.8, 4) is 5.75 Å². The van der Waals surface area contributed by atoms with Crippen molar-refractivity contribution < 1.29 is 19.0 Å². The fraction of sp³-hybridized carbons (Fsp3) is 0.222. The third-order valence-corrected chi connectivity index (χ3v) is 2.02. The van der Waals surface area contributed by atoms with Crippen LogP contribution in [0.1, 0.15) is 11.5 Å². The Morgan fingerprint density at radius 2 is 2.15 bits per heavy atom. The molecule has 0 saturated carbocycles. The van der Waals surface area contributed by atoms with Crippen LogP contribution in [0.2, 0.25) is 0 Å². The Bertz CT molecular complexity index is 350. The van der Waals surface area contributed by atoms with Gasteiger partial charge < -0.3 is 9.84 Å². The lowest BCUT2D eigenvalue weighted by atomic mass is 10.0. The molecule has 0 saturated heterocycles. The number of hydrogen-bond donors (Lipinski definition) is 1. The maximum absolute atomic E-state index is 13.0. The Kier molecular flexibility index (Phi) is 1.69. The average Bonchev–Trinajstić information content (AvgIpc) is 2.39. The molecule has 0 fully saturated rings. The van der Waals surface area contributed by atoms with Crippen LogP contribution in [0.3, 0.4) is 0 Å². The van der Waals surface area contributed by atoms with E-state index >= 15 is 0 Å². The van der Waals surface area contributed by atoms with Crippen LogP contribution in [0.4, 0.5) is 4.39 Å². The molecule has 4 heteroatoms. The van der Waals surface area contributed by atoms with Gasteiger partial charge in [-0.15, -0.1) is 0 Å². The molecule has 2 atom stereocenters. The zero-order valence-corrected chi connectivity index (χ0v) is 6.61. The molecule has 0 bridgehead atoms. The van der Waals surface area contributed by atoms with E-state index in [0.717, 1.165) is 0 Å². The molecule has 1 aliphatic rings. The summed E-state index contributed by atoms with van der Waals surface area (Å²) >= 11 is 0. The zero-order valence-electron chi connectivity index (χ0n) is 6.61. The number of para-hydroxylation sites is 1. The van der Waals surface area contributed by atoms with Crippen molar-refractivity contribution in [3.63, 3.8) is 0 Å². The summed E-state index contributed by atoms with van der Waals surface area (Å²) in [5.74, 6) is -2.06. The fourth-order valence-corrected chi connectivity index (χ4v) is 1.42. The SMILES string of the molecule is O=C(O)C1c2ccccc2OC1F. The van der Waals surface area contributed by atoms with E-state index in [0.29, 0.717) is 11.3 Å². The summed E-state index contributed by atoms with van der Waals surface area (Å²) in [6.45, 7) is 0. The molecule has 2 unspecified atom stereocenters. The largest absolute Gasteiger partial charge is 0.481 e. The van der Waals surface area contributed by atoms with E-state index < -0.39 is 18.2 Å². The van der Waals surface area contributed by atoms with Crippen LogP contribution in [0, 0.1) is 0 Å². The Balaban J connectivity index is 2.46. The molecule has 1 heterocycles. The van der Waals surface area contributed by atoms with Crippen LogP contribution >= 0.6 is 0 Å². The molecule has 0 spiro atoms.